The standard InChI is InChI=1S/C27H24F2N4O/c1-3-32(4-2)24-11-8-19(9-12-24)10-13-27(34)20-6-5-7-25(16-20)33-18-26(30-31-33)21-14-22(28)17-23(29)15-21/h5-18H,3-4H2,1-2H3/b13-10+. The zero-order valence-electron chi connectivity index (χ0n) is 19.0. The number of allylic oxidation sites excluding steroid dienone is 1. The zero-order valence-corrected chi connectivity index (χ0v) is 19.0. The van der Waals surface area contributed by atoms with Crippen molar-refractivity contribution in [1.29, 1.82) is 0 Å². The molecule has 0 saturated carbocycles. The lowest BCUT2D eigenvalue weighted by Gasteiger charge is -2.20. The molecule has 0 bridgehead atoms. The van der Waals surface area contributed by atoms with Gasteiger partial charge < -0.3 is 4.90 Å². The summed E-state index contributed by atoms with van der Waals surface area (Å²) >= 11 is 0. The third-order valence-electron chi connectivity index (χ3n) is 5.50. The summed E-state index contributed by atoms with van der Waals surface area (Å²) in [5, 5.41) is 8.05. The number of benzene rings is 3. The van der Waals surface area contributed by atoms with Gasteiger partial charge in [-0.3, -0.25) is 4.79 Å². The Morgan fingerprint density at radius 3 is 2.35 bits per heavy atom. The minimum absolute atomic E-state index is 0.151. The summed E-state index contributed by atoms with van der Waals surface area (Å²) in [6, 6.07) is 18.2. The molecule has 34 heavy (non-hydrogen) atoms. The van der Waals surface area contributed by atoms with Crippen molar-refractivity contribution in [2.24, 2.45) is 0 Å². The first-order chi connectivity index (χ1) is 16.5. The molecule has 0 atom stereocenters. The fraction of sp³-hybridized carbons (Fsp3) is 0.148. The van der Waals surface area contributed by atoms with Crippen LogP contribution in [-0.2, 0) is 0 Å². The number of carbonyl (C=O) groups is 1. The minimum Gasteiger partial charge on any atom is -0.372 e. The van der Waals surface area contributed by atoms with Gasteiger partial charge in [-0.05, 0) is 61.9 Å². The van der Waals surface area contributed by atoms with E-state index < -0.39 is 11.6 Å². The largest absolute Gasteiger partial charge is 0.372 e. The van der Waals surface area contributed by atoms with Crippen LogP contribution in [0.1, 0.15) is 29.8 Å². The van der Waals surface area contributed by atoms with E-state index in [1.54, 1.807) is 36.5 Å². The van der Waals surface area contributed by atoms with Crippen LogP contribution in [0.25, 0.3) is 23.0 Å². The predicted octanol–water partition coefficient (Wildman–Crippen LogP) is 5.95. The molecule has 0 radical (unpaired) electrons. The number of hydrogen-bond donors (Lipinski definition) is 0. The fourth-order valence-corrected chi connectivity index (χ4v) is 3.68. The Balaban J connectivity index is 1.50. The quantitative estimate of drug-likeness (QED) is 0.242. The molecule has 172 valence electrons. The molecule has 0 spiro atoms. The third-order valence-corrected chi connectivity index (χ3v) is 5.50. The van der Waals surface area contributed by atoms with Crippen LogP contribution in [0.4, 0.5) is 14.5 Å². The highest BCUT2D eigenvalue weighted by Crippen LogP contribution is 2.21. The molecule has 3 aromatic carbocycles. The van der Waals surface area contributed by atoms with Crippen LogP contribution in [0.15, 0.2) is 79.0 Å². The fourth-order valence-electron chi connectivity index (χ4n) is 3.68. The van der Waals surface area contributed by atoms with Crippen molar-refractivity contribution in [2.45, 2.75) is 13.8 Å². The Morgan fingerprint density at radius 1 is 0.971 bits per heavy atom. The summed E-state index contributed by atoms with van der Waals surface area (Å²) in [7, 11) is 0. The SMILES string of the molecule is CCN(CC)c1ccc(/C=C/C(=O)c2cccc(-n3cc(-c4cc(F)cc(F)c4)nn3)c2)cc1. The number of anilines is 1. The second kappa shape index (κ2) is 10.2. The van der Waals surface area contributed by atoms with Gasteiger partial charge in [0, 0.05) is 36.0 Å². The second-order valence-electron chi connectivity index (χ2n) is 7.72. The highest BCUT2D eigenvalue weighted by Gasteiger charge is 2.10. The molecule has 0 aliphatic carbocycles. The van der Waals surface area contributed by atoms with Crippen LogP contribution in [-0.4, -0.2) is 33.9 Å². The zero-order chi connectivity index (χ0) is 24.1. The van der Waals surface area contributed by atoms with Crippen molar-refractivity contribution in [1.82, 2.24) is 15.0 Å². The molecule has 0 saturated heterocycles. The van der Waals surface area contributed by atoms with Crippen molar-refractivity contribution in [3.05, 3.63) is 102 Å². The van der Waals surface area contributed by atoms with Crippen molar-refractivity contribution < 1.29 is 13.6 Å². The lowest BCUT2D eigenvalue weighted by Crippen LogP contribution is -2.21. The maximum Gasteiger partial charge on any atom is 0.185 e. The molecule has 1 heterocycles. The van der Waals surface area contributed by atoms with Gasteiger partial charge in [0.2, 0.25) is 0 Å². The van der Waals surface area contributed by atoms with E-state index in [1.165, 1.54) is 22.9 Å². The molecular formula is C27H24F2N4O. The van der Waals surface area contributed by atoms with Crippen LogP contribution in [0.3, 0.4) is 0 Å². The van der Waals surface area contributed by atoms with Gasteiger partial charge in [0.15, 0.2) is 5.78 Å². The summed E-state index contributed by atoms with van der Waals surface area (Å²) in [5.74, 6) is -1.53. The van der Waals surface area contributed by atoms with Crippen LogP contribution in [0.2, 0.25) is 0 Å². The minimum atomic E-state index is -0.688. The molecule has 0 N–H and O–H groups in total. The van der Waals surface area contributed by atoms with Gasteiger partial charge in [-0.25, -0.2) is 13.5 Å². The predicted molar refractivity (Wildman–Crippen MR) is 130 cm³/mol. The summed E-state index contributed by atoms with van der Waals surface area (Å²) in [6.45, 7) is 6.11. The number of hydrogen-bond acceptors (Lipinski definition) is 4. The van der Waals surface area contributed by atoms with Gasteiger partial charge in [0.05, 0.1) is 11.9 Å². The van der Waals surface area contributed by atoms with Gasteiger partial charge in [-0.15, -0.1) is 5.10 Å². The molecule has 0 amide bonds. The third kappa shape index (κ3) is 5.26. The van der Waals surface area contributed by atoms with Crippen LogP contribution < -0.4 is 4.90 Å². The van der Waals surface area contributed by atoms with E-state index in [0.717, 1.165) is 30.4 Å². The Bertz CT molecular complexity index is 1300. The van der Waals surface area contributed by atoms with E-state index in [9.17, 15) is 13.6 Å². The summed E-state index contributed by atoms with van der Waals surface area (Å²) in [4.78, 5) is 15.0. The van der Waals surface area contributed by atoms with E-state index in [2.05, 4.69) is 29.1 Å². The number of nitrogens with zero attached hydrogens (tertiary/aromatic N) is 4. The second-order valence-corrected chi connectivity index (χ2v) is 7.72. The first kappa shape index (κ1) is 23.0. The first-order valence-corrected chi connectivity index (χ1v) is 11.0. The number of rotatable bonds is 8. The number of ketones is 1. The molecule has 1 aromatic heterocycles. The van der Waals surface area contributed by atoms with E-state index >= 15 is 0 Å². The molecule has 7 heteroatoms. The topological polar surface area (TPSA) is 51.0 Å². The summed E-state index contributed by atoms with van der Waals surface area (Å²) < 4.78 is 28.5. The molecule has 0 fully saturated rings. The Kier molecular flexibility index (Phi) is 6.92. The molecule has 0 aliphatic rings. The Labute approximate surface area is 197 Å². The van der Waals surface area contributed by atoms with Gasteiger partial charge >= 0.3 is 0 Å². The van der Waals surface area contributed by atoms with E-state index in [-0.39, 0.29) is 11.3 Å². The van der Waals surface area contributed by atoms with E-state index in [0.29, 0.717) is 16.9 Å². The summed E-state index contributed by atoms with van der Waals surface area (Å²) in [5.41, 5.74) is 3.79. The normalized spacial score (nSPS) is 11.2. The lowest BCUT2D eigenvalue weighted by atomic mass is 10.1. The van der Waals surface area contributed by atoms with E-state index in [1.807, 2.05) is 24.3 Å². The average molecular weight is 459 g/mol. The van der Waals surface area contributed by atoms with Gasteiger partial charge in [0.1, 0.15) is 17.3 Å². The Hall–Kier alpha value is -4.13. The van der Waals surface area contributed by atoms with E-state index in [4.69, 9.17) is 0 Å². The van der Waals surface area contributed by atoms with Crippen molar-refractivity contribution in [3.63, 3.8) is 0 Å². The van der Waals surface area contributed by atoms with Crippen molar-refractivity contribution in [3.8, 4) is 16.9 Å². The smallest absolute Gasteiger partial charge is 0.185 e. The van der Waals surface area contributed by atoms with Crippen molar-refractivity contribution in [2.75, 3.05) is 18.0 Å². The molecular weight excluding hydrogens is 434 g/mol. The van der Waals surface area contributed by atoms with Gasteiger partial charge in [-0.2, -0.15) is 0 Å². The average Bonchev–Trinajstić information content (AvgIpc) is 3.34. The van der Waals surface area contributed by atoms with Gasteiger partial charge in [0.25, 0.3) is 0 Å². The lowest BCUT2D eigenvalue weighted by molar-refractivity contribution is 0.104. The maximum absolute atomic E-state index is 13.5. The Morgan fingerprint density at radius 2 is 1.68 bits per heavy atom. The molecule has 4 aromatic rings. The van der Waals surface area contributed by atoms with Gasteiger partial charge in [-0.1, -0.05) is 35.6 Å². The molecule has 4 rings (SSSR count). The number of halogens is 2. The summed E-state index contributed by atoms with van der Waals surface area (Å²) in [6.07, 6.45) is 4.88. The van der Waals surface area contributed by atoms with Crippen LogP contribution in [0, 0.1) is 11.6 Å². The monoisotopic (exact) mass is 458 g/mol. The van der Waals surface area contributed by atoms with Crippen LogP contribution >= 0.6 is 0 Å². The number of carbonyl (C=O) groups excluding carboxylic acids is 1. The van der Waals surface area contributed by atoms with Crippen molar-refractivity contribution >= 4 is 17.5 Å². The molecule has 0 aliphatic heterocycles. The highest BCUT2D eigenvalue weighted by atomic mass is 19.1. The highest BCUT2D eigenvalue weighted by molar-refractivity contribution is 6.07. The molecule has 5 nitrogen and oxygen atoms in total. The van der Waals surface area contributed by atoms with Crippen LogP contribution in [0.5, 0.6) is 0 Å². The number of aromatic nitrogens is 3. The molecule has 0 unspecified atom stereocenters. The first-order valence-electron chi connectivity index (χ1n) is 11.0. The maximum atomic E-state index is 13.5.